The first-order chi connectivity index (χ1) is 20.9. The van der Waals surface area contributed by atoms with Gasteiger partial charge in [0, 0.05) is 35.0 Å². The van der Waals surface area contributed by atoms with E-state index < -0.39 is 18.0 Å². The first-order valence-electron chi connectivity index (χ1n) is 15.1. The van der Waals surface area contributed by atoms with Gasteiger partial charge in [-0.3, -0.25) is 15.0 Å². The molecule has 0 aromatic heterocycles. The van der Waals surface area contributed by atoms with Crippen LogP contribution in [-0.4, -0.2) is 52.0 Å². The van der Waals surface area contributed by atoms with Crippen molar-refractivity contribution in [1.82, 2.24) is 15.2 Å². The molecule has 8 nitrogen and oxygen atoms in total. The number of halogens is 1. The van der Waals surface area contributed by atoms with Gasteiger partial charge in [0.25, 0.3) is 5.91 Å². The van der Waals surface area contributed by atoms with Crippen molar-refractivity contribution in [2.24, 2.45) is 5.10 Å². The van der Waals surface area contributed by atoms with Crippen LogP contribution in [0.4, 0.5) is 9.18 Å². The number of carbonyl (C=O) groups is 2. The van der Waals surface area contributed by atoms with Crippen LogP contribution in [0.1, 0.15) is 77.8 Å². The van der Waals surface area contributed by atoms with Gasteiger partial charge in [0.2, 0.25) is 0 Å². The summed E-state index contributed by atoms with van der Waals surface area (Å²) in [5, 5.41) is 19.2. The SMILES string of the molecule is C=C(NC(=O)OC)c1ccccc1-c1ccc(CC2=C(CCC)N(N=C(C)C)C(=C)N(C(C)CCC(O)CC)C2=O)c(F)c1. The van der Waals surface area contributed by atoms with E-state index in [4.69, 9.17) is 5.10 Å². The van der Waals surface area contributed by atoms with E-state index in [1.165, 1.54) is 13.2 Å². The first kappa shape index (κ1) is 34.3. The number of aliphatic hydroxyl groups is 1. The molecule has 44 heavy (non-hydrogen) atoms. The molecule has 0 saturated carbocycles. The predicted octanol–water partition coefficient (Wildman–Crippen LogP) is 7.37. The highest BCUT2D eigenvalue weighted by atomic mass is 19.1. The predicted molar refractivity (Wildman–Crippen MR) is 174 cm³/mol. The smallest absolute Gasteiger partial charge is 0.411 e. The van der Waals surface area contributed by atoms with Crippen molar-refractivity contribution in [3.05, 3.63) is 89.7 Å². The van der Waals surface area contributed by atoms with Crippen molar-refractivity contribution in [3.63, 3.8) is 0 Å². The lowest BCUT2D eigenvalue weighted by atomic mass is 9.93. The minimum atomic E-state index is -0.649. The minimum absolute atomic E-state index is 0.0708. The molecule has 2 unspecified atom stereocenters. The third-order valence-electron chi connectivity index (χ3n) is 7.64. The molecule has 2 aromatic carbocycles. The maximum absolute atomic E-state index is 15.9. The van der Waals surface area contributed by atoms with Gasteiger partial charge >= 0.3 is 6.09 Å². The van der Waals surface area contributed by atoms with Crippen molar-refractivity contribution < 1.29 is 23.8 Å². The number of allylic oxidation sites excluding steroid dienone is 1. The molecule has 2 amide bonds. The Kier molecular flexibility index (Phi) is 12.0. The molecule has 2 aromatic rings. The number of hydrazone groups is 1. The molecule has 1 aliphatic heterocycles. The summed E-state index contributed by atoms with van der Waals surface area (Å²) >= 11 is 0. The third-order valence-corrected chi connectivity index (χ3v) is 7.64. The Morgan fingerprint density at radius 3 is 2.48 bits per heavy atom. The zero-order valence-electron chi connectivity index (χ0n) is 26.7. The number of hydrogen-bond donors (Lipinski definition) is 2. The molecule has 0 spiro atoms. The Hall–Kier alpha value is -4.24. The maximum Gasteiger partial charge on any atom is 0.411 e. The number of nitrogens with zero attached hydrogens (tertiary/aromatic N) is 3. The van der Waals surface area contributed by atoms with Gasteiger partial charge < -0.3 is 9.84 Å². The van der Waals surface area contributed by atoms with E-state index in [1.807, 2.05) is 46.8 Å². The topological polar surface area (TPSA) is 94.5 Å². The Morgan fingerprint density at radius 2 is 1.86 bits per heavy atom. The average molecular weight is 605 g/mol. The number of aliphatic hydroxyl groups excluding tert-OH is 1. The number of amides is 2. The normalized spacial score (nSPS) is 14.8. The van der Waals surface area contributed by atoms with Crippen molar-refractivity contribution in [1.29, 1.82) is 0 Å². The lowest BCUT2D eigenvalue weighted by molar-refractivity contribution is -0.129. The number of methoxy groups -OCH3 is 1. The van der Waals surface area contributed by atoms with E-state index in [0.29, 0.717) is 70.7 Å². The number of benzene rings is 2. The lowest BCUT2D eigenvalue weighted by Gasteiger charge is -2.42. The number of hydrogen-bond acceptors (Lipinski definition) is 6. The minimum Gasteiger partial charge on any atom is -0.453 e. The lowest BCUT2D eigenvalue weighted by Crippen LogP contribution is -2.48. The number of ether oxygens (including phenoxy) is 1. The summed E-state index contributed by atoms with van der Waals surface area (Å²) in [6.45, 7) is 17.8. The summed E-state index contributed by atoms with van der Waals surface area (Å²) in [5.74, 6) is -0.233. The van der Waals surface area contributed by atoms with E-state index in [0.717, 1.165) is 12.1 Å². The molecule has 0 bridgehead atoms. The summed E-state index contributed by atoms with van der Waals surface area (Å²) in [6.07, 6.45) is 2.06. The Bertz CT molecular complexity index is 1460. The summed E-state index contributed by atoms with van der Waals surface area (Å²) in [7, 11) is 1.27. The van der Waals surface area contributed by atoms with Crippen LogP contribution in [-0.2, 0) is 16.0 Å². The molecule has 0 saturated heterocycles. The molecule has 0 radical (unpaired) electrons. The summed E-state index contributed by atoms with van der Waals surface area (Å²) in [5.41, 5.74) is 4.57. The zero-order chi connectivity index (χ0) is 32.6. The fourth-order valence-electron chi connectivity index (χ4n) is 5.27. The second-order valence-electron chi connectivity index (χ2n) is 11.2. The van der Waals surface area contributed by atoms with Gasteiger partial charge in [0.15, 0.2) is 0 Å². The average Bonchev–Trinajstić information content (AvgIpc) is 3.00. The number of carbonyl (C=O) groups excluding carboxylic acids is 2. The molecule has 1 aliphatic rings. The fourth-order valence-corrected chi connectivity index (χ4v) is 5.27. The summed E-state index contributed by atoms with van der Waals surface area (Å²) in [4.78, 5) is 27.5. The van der Waals surface area contributed by atoms with Crippen LogP contribution in [0, 0.1) is 5.82 Å². The standard InChI is InChI=1S/C35H45FN4O4/c1-9-13-33-31(34(42)39(23(5)16-19-28(41)10-2)25(7)40(33)38-22(3)4)20-27-18-17-26(21-32(27)36)30-15-12-11-14-29(30)24(6)37-35(43)44-8/h11-12,14-15,17-18,21,23,28,41H,6-7,9-10,13,16,19-20H2,1-5,8H3,(H,37,43). The highest BCUT2D eigenvalue weighted by Gasteiger charge is 2.37. The fraction of sp³-hybridized carbons (Fsp3) is 0.400. The molecule has 0 aliphatic carbocycles. The van der Waals surface area contributed by atoms with Gasteiger partial charge in [-0.15, -0.1) is 0 Å². The molecule has 236 valence electrons. The Morgan fingerprint density at radius 1 is 1.16 bits per heavy atom. The Balaban J connectivity index is 2.04. The van der Waals surface area contributed by atoms with Crippen molar-refractivity contribution in [3.8, 4) is 11.1 Å². The first-order valence-corrected chi connectivity index (χ1v) is 15.1. The van der Waals surface area contributed by atoms with Crippen molar-refractivity contribution >= 4 is 23.4 Å². The monoisotopic (exact) mass is 604 g/mol. The van der Waals surface area contributed by atoms with Gasteiger partial charge in [-0.05, 0) is 69.2 Å². The molecule has 2 atom stereocenters. The van der Waals surface area contributed by atoms with Crippen LogP contribution in [0.3, 0.4) is 0 Å². The van der Waals surface area contributed by atoms with Crippen LogP contribution in [0.5, 0.6) is 0 Å². The number of rotatable bonds is 13. The van der Waals surface area contributed by atoms with Crippen LogP contribution in [0.25, 0.3) is 16.8 Å². The van der Waals surface area contributed by atoms with E-state index in [2.05, 4.69) is 23.2 Å². The largest absolute Gasteiger partial charge is 0.453 e. The highest BCUT2D eigenvalue weighted by Crippen LogP contribution is 2.36. The summed E-state index contributed by atoms with van der Waals surface area (Å²) in [6, 6.07) is 11.9. The Labute approximate surface area is 260 Å². The molecule has 9 heteroatoms. The van der Waals surface area contributed by atoms with Gasteiger partial charge in [-0.2, -0.15) is 5.10 Å². The number of alkyl carbamates (subject to hydrolysis) is 1. The van der Waals surface area contributed by atoms with E-state index in [9.17, 15) is 14.7 Å². The van der Waals surface area contributed by atoms with Crippen LogP contribution < -0.4 is 5.32 Å². The van der Waals surface area contributed by atoms with Gasteiger partial charge in [-0.25, -0.2) is 14.2 Å². The number of nitrogens with one attached hydrogen (secondary N) is 1. The second kappa shape index (κ2) is 15.5. The van der Waals surface area contributed by atoms with E-state index >= 15 is 4.39 Å². The molecule has 1 heterocycles. The molecule has 3 rings (SSSR count). The highest BCUT2D eigenvalue weighted by molar-refractivity contribution is 5.97. The maximum atomic E-state index is 15.9. The van der Waals surface area contributed by atoms with Gasteiger partial charge in [0.05, 0.1) is 18.9 Å². The van der Waals surface area contributed by atoms with E-state index in [1.54, 1.807) is 34.2 Å². The second-order valence-corrected chi connectivity index (χ2v) is 11.2. The zero-order valence-corrected chi connectivity index (χ0v) is 26.7. The van der Waals surface area contributed by atoms with Crippen LogP contribution in [0.15, 0.2) is 77.8 Å². The van der Waals surface area contributed by atoms with Crippen LogP contribution in [0.2, 0.25) is 0 Å². The molecule has 2 N–H and O–H groups in total. The van der Waals surface area contributed by atoms with Crippen LogP contribution >= 0.6 is 0 Å². The molecular formula is C35H45FN4O4. The summed E-state index contributed by atoms with van der Waals surface area (Å²) < 4.78 is 20.6. The third kappa shape index (κ3) is 8.02. The molecular weight excluding hydrogens is 559 g/mol. The van der Waals surface area contributed by atoms with Gasteiger partial charge in [-0.1, -0.05) is 69.8 Å². The molecule has 0 fully saturated rings. The van der Waals surface area contributed by atoms with Crippen molar-refractivity contribution in [2.45, 2.75) is 85.3 Å². The van der Waals surface area contributed by atoms with Crippen molar-refractivity contribution in [2.75, 3.05) is 7.11 Å². The van der Waals surface area contributed by atoms with E-state index in [-0.39, 0.29) is 18.4 Å². The van der Waals surface area contributed by atoms with Gasteiger partial charge in [0.1, 0.15) is 11.6 Å². The quantitative estimate of drug-likeness (QED) is 0.233.